The first kappa shape index (κ1) is 19.4. The van der Waals surface area contributed by atoms with Crippen molar-refractivity contribution in [1.29, 1.82) is 0 Å². The molecule has 2 aromatic heterocycles. The van der Waals surface area contributed by atoms with Crippen LogP contribution in [0.4, 0.5) is 4.79 Å². The van der Waals surface area contributed by atoms with E-state index in [1.165, 1.54) is 0 Å². The number of hydrogen-bond acceptors (Lipinski definition) is 3. The predicted octanol–water partition coefficient (Wildman–Crippen LogP) is 4.03. The second-order valence-corrected chi connectivity index (χ2v) is 6.85. The van der Waals surface area contributed by atoms with Crippen LogP contribution in [0.2, 0.25) is 0 Å². The number of carbonyl (C=O) groups excluding carboxylic acids is 1. The van der Waals surface area contributed by atoms with Crippen LogP contribution in [0, 0.1) is 0 Å². The third-order valence-corrected chi connectivity index (χ3v) is 4.78. The minimum absolute atomic E-state index is 0.213. The molecule has 0 aliphatic rings. The van der Waals surface area contributed by atoms with Crippen LogP contribution < -0.4 is 10.6 Å². The van der Waals surface area contributed by atoms with Gasteiger partial charge in [0.05, 0.1) is 18.3 Å². The standard InChI is InChI=1S/C24H23N5O/c30-24(26-16-18-29-17-13-22(28-29)19-11-14-25-15-12-19)27-23(20-7-3-1-4-8-20)21-9-5-2-6-10-21/h1-15,17,23H,16,18H2,(H2,26,27,30). The number of nitrogens with one attached hydrogen (secondary N) is 2. The van der Waals surface area contributed by atoms with Gasteiger partial charge in [0.15, 0.2) is 0 Å². The molecular formula is C24H23N5O. The van der Waals surface area contributed by atoms with Crippen molar-refractivity contribution in [2.24, 2.45) is 0 Å². The van der Waals surface area contributed by atoms with E-state index in [2.05, 4.69) is 20.7 Å². The number of aromatic nitrogens is 3. The lowest BCUT2D eigenvalue weighted by Crippen LogP contribution is -2.39. The molecule has 0 saturated heterocycles. The van der Waals surface area contributed by atoms with Gasteiger partial charge in [-0.15, -0.1) is 0 Å². The lowest BCUT2D eigenvalue weighted by atomic mass is 9.99. The van der Waals surface area contributed by atoms with Gasteiger partial charge in [-0.05, 0) is 29.3 Å². The first-order chi connectivity index (χ1) is 14.8. The van der Waals surface area contributed by atoms with Crippen molar-refractivity contribution in [3.8, 4) is 11.3 Å². The van der Waals surface area contributed by atoms with Gasteiger partial charge in [-0.25, -0.2) is 4.79 Å². The summed E-state index contributed by atoms with van der Waals surface area (Å²) in [6, 6.07) is 25.3. The number of benzene rings is 2. The van der Waals surface area contributed by atoms with Gasteiger partial charge in [0, 0.05) is 30.7 Å². The molecule has 0 aliphatic carbocycles. The van der Waals surface area contributed by atoms with E-state index in [9.17, 15) is 4.79 Å². The molecule has 2 aromatic carbocycles. The summed E-state index contributed by atoms with van der Waals surface area (Å²) in [7, 11) is 0. The third kappa shape index (κ3) is 4.91. The molecule has 4 aromatic rings. The second kappa shape index (κ2) is 9.52. The molecular weight excluding hydrogens is 374 g/mol. The lowest BCUT2D eigenvalue weighted by Gasteiger charge is -2.20. The molecule has 2 amide bonds. The maximum atomic E-state index is 12.6. The summed E-state index contributed by atoms with van der Waals surface area (Å²) in [5.41, 5.74) is 3.97. The minimum atomic E-state index is -0.214. The van der Waals surface area contributed by atoms with Crippen LogP contribution in [0.3, 0.4) is 0 Å². The first-order valence-corrected chi connectivity index (χ1v) is 9.88. The summed E-state index contributed by atoms with van der Waals surface area (Å²) >= 11 is 0. The Hall–Kier alpha value is -3.93. The topological polar surface area (TPSA) is 71.8 Å². The van der Waals surface area contributed by atoms with Crippen LogP contribution >= 0.6 is 0 Å². The molecule has 6 nitrogen and oxygen atoms in total. The van der Waals surface area contributed by atoms with Gasteiger partial charge in [0.25, 0.3) is 0 Å². The van der Waals surface area contributed by atoms with Gasteiger partial charge in [0.1, 0.15) is 0 Å². The van der Waals surface area contributed by atoms with Crippen LogP contribution in [0.25, 0.3) is 11.3 Å². The van der Waals surface area contributed by atoms with Crippen LogP contribution in [-0.2, 0) is 6.54 Å². The fraction of sp³-hybridized carbons (Fsp3) is 0.125. The Balaban J connectivity index is 1.35. The van der Waals surface area contributed by atoms with Gasteiger partial charge in [0.2, 0.25) is 0 Å². The number of amides is 2. The first-order valence-electron chi connectivity index (χ1n) is 9.88. The Morgan fingerprint density at radius 1 is 0.867 bits per heavy atom. The van der Waals surface area contributed by atoms with E-state index in [-0.39, 0.29) is 12.1 Å². The average Bonchev–Trinajstić information content (AvgIpc) is 3.28. The third-order valence-electron chi connectivity index (χ3n) is 4.78. The molecule has 0 radical (unpaired) electrons. The summed E-state index contributed by atoms with van der Waals surface area (Å²) in [6.07, 6.45) is 5.40. The van der Waals surface area contributed by atoms with Crippen LogP contribution in [0.1, 0.15) is 17.2 Å². The van der Waals surface area contributed by atoms with Crippen molar-refractivity contribution in [3.05, 3.63) is 109 Å². The van der Waals surface area contributed by atoms with E-state index >= 15 is 0 Å². The Morgan fingerprint density at radius 3 is 2.13 bits per heavy atom. The summed E-state index contributed by atoms with van der Waals surface area (Å²) in [5, 5.41) is 10.6. The lowest BCUT2D eigenvalue weighted by molar-refractivity contribution is 0.238. The molecule has 30 heavy (non-hydrogen) atoms. The summed E-state index contributed by atoms with van der Waals surface area (Å²) in [5.74, 6) is 0. The fourth-order valence-electron chi connectivity index (χ4n) is 3.28. The maximum absolute atomic E-state index is 12.6. The molecule has 6 heteroatoms. The smallest absolute Gasteiger partial charge is 0.315 e. The number of urea groups is 1. The van der Waals surface area contributed by atoms with E-state index in [1.54, 1.807) is 12.4 Å². The second-order valence-electron chi connectivity index (χ2n) is 6.85. The average molecular weight is 397 g/mol. The van der Waals surface area contributed by atoms with Gasteiger partial charge in [-0.1, -0.05) is 60.7 Å². The number of carbonyl (C=O) groups is 1. The fourth-order valence-corrected chi connectivity index (χ4v) is 3.28. The number of pyridine rings is 1. The summed E-state index contributed by atoms with van der Waals surface area (Å²) in [4.78, 5) is 16.6. The number of hydrogen-bond donors (Lipinski definition) is 2. The molecule has 4 rings (SSSR count). The van der Waals surface area contributed by atoms with Gasteiger partial charge in [-0.3, -0.25) is 9.67 Å². The van der Waals surface area contributed by atoms with Gasteiger partial charge in [-0.2, -0.15) is 5.10 Å². The SMILES string of the molecule is O=C(NCCn1ccc(-c2ccncc2)n1)NC(c1ccccc1)c1ccccc1. The van der Waals surface area contributed by atoms with Crippen molar-refractivity contribution >= 4 is 6.03 Å². The molecule has 2 heterocycles. The summed E-state index contributed by atoms with van der Waals surface area (Å²) < 4.78 is 1.82. The zero-order valence-electron chi connectivity index (χ0n) is 16.5. The molecule has 0 saturated carbocycles. The maximum Gasteiger partial charge on any atom is 0.315 e. The molecule has 0 atom stereocenters. The Bertz CT molecular complexity index is 1020. The Kier molecular flexibility index (Phi) is 6.15. The Labute approximate surface area is 175 Å². The zero-order valence-corrected chi connectivity index (χ0v) is 16.5. The molecule has 0 bridgehead atoms. The van der Waals surface area contributed by atoms with Gasteiger partial charge >= 0.3 is 6.03 Å². The van der Waals surface area contributed by atoms with Crippen molar-refractivity contribution in [3.63, 3.8) is 0 Å². The quantitative estimate of drug-likeness (QED) is 0.494. The minimum Gasteiger partial charge on any atom is -0.336 e. The van der Waals surface area contributed by atoms with Gasteiger partial charge < -0.3 is 10.6 Å². The van der Waals surface area contributed by atoms with Crippen molar-refractivity contribution in [1.82, 2.24) is 25.4 Å². The highest BCUT2D eigenvalue weighted by Gasteiger charge is 2.16. The predicted molar refractivity (Wildman–Crippen MR) is 117 cm³/mol. The number of nitrogens with zero attached hydrogens (tertiary/aromatic N) is 3. The van der Waals surface area contributed by atoms with Crippen molar-refractivity contribution in [2.75, 3.05) is 6.54 Å². The molecule has 0 aliphatic heterocycles. The van der Waals surface area contributed by atoms with Crippen molar-refractivity contribution < 1.29 is 4.79 Å². The molecule has 0 fully saturated rings. The van der Waals surface area contributed by atoms with Crippen LogP contribution in [0.15, 0.2) is 97.5 Å². The van der Waals surface area contributed by atoms with E-state index in [0.29, 0.717) is 13.1 Å². The highest BCUT2D eigenvalue weighted by Crippen LogP contribution is 2.21. The molecule has 2 N–H and O–H groups in total. The van der Waals surface area contributed by atoms with Crippen LogP contribution in [-0.4, -0.2) is 27.3 Å². The van der Waals surface area contributed by atoms with E-state index in [0.717, 1.165) is 22.4 Å². The van der Waals surface area contributed by atoms with Crippen LogP contribution in [0.5, 0.6) is 0 Å². The summed E-state index contributed by atoms with van der Waals surface area (Å²) in [6.45, 7) is 1.06. The monoisotopic (exact) mass is 397 g/mol. The highest BCUT2D eigenvalue weighted by molar-refractivity contribution is 5.75. The molecule has 0 spiro atoms. The molecule has 150 valence electrons. The normalized spacial score (nSPS) is 10.7. The van der Waals surface area contributed by atoms with E-state index in [1.807, 2.05) is 89.7 Å². The van der Waals surface area contributed by atoms with E-state index < -0.39 is 0 Å². The number of rotatable bonds is 7. The largest absolute Gasteiger partial charge is 0.336 e. The van der Waals surface area contributed by atoms with Crippen molar-refractivity contribution in [2.45, 2.75) is 12.6 Å². The molecule has 0 unspecified atom stereocenters. The Morgan fingerprint density at radius 2 is 1.50 bits per heavy atom. The van der Waals surface area contributed by atoms with E-state index in [4.69, 9.17) is 0 Å². The zero-order chi connectivity index (χ0) is 20.6. The highest BCUT2D eigenvalue weighted by atomic mass is 16.2.